The molecule has 0 atom stereocenters. The first kappa shape index (κ1) is 12.3. The lowest BCUT2D eigenvalue weighted by Gasteiger charge is -2.02. The summed E-state index contributed by atoms with van der Waals surface area (Å²) in [7, 11) is 0. The van der Waals surface area contributed by atoms with Gasteiger partial charge in [0.2, 0.25) is 0 Å². The van der Waals surface area contributed by atoms with Crippen molar-refractivity contribution in [3.8, 4) is 0 Å². The molecule has 0 aromatic heterocycles. The van der Waals surface area contributed by atoms with Crippen molar-refractivity contribution in [2.75, 3.05) is 0 Å². The zero-order valence-corrected chi connectivity index (χ0v) is 10.3. The smallest absolute Gasteiger partial charge is 0.158 e. The van der Waals surface area contributed by atoms with Gasteiger partial charge in [-0.3, -0.25) is 9.59 Å². The number of carbonyl (C=O) groups excluding carboxylic acids is 2. The fraction of sp³-hybridized carbons (Fsp3) is 0.600. The van der Waals surface area contributed by atoms with E-state index in [1.807, 2.05) is 0 Å². The molecule has 0 bridgehead atoms. The Bertz CT molecular complexity index is 338. The molecule has 2 rings (SSSR count). The van der Waals surface area contributed by atoms with Gasteiger partial charge in [-0.2, -0.15) is 0 Å². The van der Waals surface area contributed by atoms with Gasteiger partial charge in [-0.25, -0.2) is 0 Å². The van der Waals surface area contributed by atoms with Crippen molar-refractivity contribution in [1.29, 1.82) is 0 Å². The molecule has 0 unspecified atom stereocenters. The Morgan fingerprint density at radius 1 is 0.765 bits per heavy atom. The standard InChI is InChI=1S/C15H20O2/c16-14-10-4-8-12(14)6-2-1-3-7-13-9-5-11-15(13)17/h8-9H,1-7,10-11H2. The molecular formula is C15H20O2. The molecule has 2 aliphatic carbocycles. The largest absolute Gasteiger partial charge is 0.295 e. The van der Waals surface area contributed by atoms with Crippen LogP contribution in [0.4, 0.5) is 0 Å². The van der Waals surface area contributed by atoms with Gasteiger partial charge in [0.15, 0.2) is 11.6 Å². The van der Waals surface area contributed by atoms with Crippen molar-refractivity contribution in [3.05, 3.63) is 23.3 Å². The Morgan fingerprint density at radius 3 is 1.59 bits per heavy atom. The summed E-state index contributed by atoms with van der Waals surface area (Å²) in [5, 5.41) is 0. The molecule has 0 aromatic rings. The number of ketones is 2. The summed E-state index contributed by atoms with van der Waals surface area (Å²) >= 11 is 0. The lowest BCUT2D eigenvalue weighted by atomic mass is 10.0. The minimum absolute atomic E-state index is 0.346. The van der Waals surface area contributed by atoms with Crippen LogP contribution in [-0.4, -0.2) is 11.6 Å². The minimum atomic E-state index is 0.346. The average molecular weight is 232 g/mol. The second-order valence-electron chi connectivity index (χ2n) is 4.94. The fourth-order valence-electron chi connectivity index (χ4n) is 2.59. The number of hydrogen-bond donors (Lipinski definition) is 0. The maximum absolute atomic E-state index is 11.4. The van der Waals surface area contributed by atoms with E-state index in [9.17, 15) is 9.59 Å². The van der Waals surface area contributed by atoms with Crippen LogP contribution in [-0.2, 0) is 9.59 Å². The highest BCUT2D eigenvalue weighted by atomic mass is 16.1. The van der Waals surface area contributed by atoms with Crippen LogP contribution in [0.3, 0.4) is 0 Å². The second-order valence-corrected chi connectivity index (χ2v) is 4.94. The molecule has 0 radical (unpaired) electrons. The molecule has 2 heteroatoms. The van der Waals surface area contributed by atoms with Gasteiger partial charge in [-0.15, -0.1) is 0 Å². The van der Waals surface area contributed by atoms with Crippen LogP contribution in [0.1, 0.15) is 57.8 Å². The third-order valence-electron chi connectivity index (χ3n) is 3.63. The maximum atomic E-state index is 11.4. The van der Waals surface area contributed by atoms with Gasteiger partial charge in [-0.1, -0.05) is 18.6 Å². The molecule has 2 nitrogen and oxygen atoms in total. The predicted molar refractivity (Wildman–Crippen MR) is 67.7 cm³/mol. The van der Waals surface area contributed by atoms with E-state index in [0.29, 0.717) is 11.6 Å². The number of hydrogen-bond acceptors (Lipinski definition) is 2. The summed E-state index contributed by atoms with van der Waals surface area (Å²) in [5.41, 5.74) is 2.09. The van der Waals surface area contributed by atoms with Gasteiger partial charge in [0.25, 0.3) is 0 Å². The fourth-order valence-corrected chi connectivity index (χ4v) is 2.59. The van der Waals surface area contributed by atoms with Crippen molar-refractivity contribution in [3.63, 3.8) is 0 Å². The zero-order chi connectivity index (χ0) is 12.1. The quantitative estimate of drug-likeness (QED) is 0.657. The van der Waals surface area contributed by atoms with Crippen molar-refractivity contribution in [2.24, 2.45) is 0 Å². The van der Waals surface area contributed by atoms with Crippen LogP contribution >= 0.6 is 0 Å². The lowest BCUT2D eigenvalue weighted by molar-refractivity contribution is -0.115. The first-order valence-electron chi connectivity index (χ1n) is 6.72. The van der Waals surface area contributed by atoms with E-state index >= 15 is 0 Å². The van der Waals surface area contributed by atoms with Gasteiger partial charge < -0.3 is 0 Å². The van der Waals surface area contributed by atoms with Gasteiger partial charge in [-0.05, 0) is 49.7 Å². The van der Waals surface area contributed by atoms with Gasteiger partial charge in [0.1, 0.15) is 0 Å². The highest BCUT2D eigenvalue weighted by Crippen LogP contribution is 2.22. The molecule has 0 amide bonds. The molecule has 92 valence electrons. The van der Waals surface area contributed by atoms with Crippen LogP contribution in [0.5, 0.6) is 0 Å². The normalized spacial score (nSPS) is 19.8. The SMILES string of the molecule is O=C1CCC=C1CCCCCC1=CCCC1=O. The summed E-state index contributed by atoms with van der Waals surface area (Å²) in [6, 6.07) is 0. The number of rotatable bonds is 6. The Balaban J connectivity index is 1.58. The van der Waals surface area contributed by atoms with Crippen LogP contribution < -0.4 is 0 Å². The van der Waals surface area contributed by atoms with Gasteiger partial charge in [0, 0.05) is 12.8 Å². The molecule has 0 spiro atoms. The van der Waals surface area contributed by atoms with Crippen molar-refractivity contribution in [2.45, 2.75) is 57.8 Å². The molecule has 0 fully saturated rings. The van der Waals surface area contributed by atoms with Crippen LogP contribution in [0.2, 0.25) is 0 Å². The minimum Gasteiger partial charge on any atom is -0.295 e. The first-order chi connectivity index (χ1) is 8.27. The van der Waals surface area contributed by atoms with E-state index in [0.717, 1.165) is 68.9 Å². The Morgan fingerprint density at radius 2 is 1.24 bits per heavy atom. The Labute approximate surface area is 103 Å². The first-order valence-corrected chi connectivity index (χ1v) is 6.72. The number of allylic oxidation sites excluding steroid dienone is 4. The van der Waals surface area contributed by atoms with Crippen LogP contribution in [0.15, 0.2) is 23.3 Å². The van der Waals surface area contributed by atoms with Gasteiger partial charge in [0.05, 0.1) is 0 Å². The monoisotopic (exact) mass is 232 g/mol. The topological polar surface area (TPSA) is 34.1 Å². The molecule has 0 saturated carbocycles. The molecule has 0 aromatic carbocycles. The molecule has 0 saturated heterocycles. The van der Waals surface area contributed by atoms with Crippen LogP contribution in [0, 0.1) is 0 Å². The highest BCUT2D eigenvalue weighted by Gasteiger charge is 2.15. The predicted octanol–water partition coefficient (Wildman–Crippen LogP) is 3.52. The molecule has 17 heavy (non-hydrogen) atoms. The Hall–Kier alpha value is -1.18. The Kier molecular flexibility index (Phi) is 4.29. The van der Waals surface area contributed by atoms with E-state index in [1.165, 1.54) is 0 Å². The third-order valence-corrected chi connectivity index (χ3v) is 3.63. The van der Waals surface area contributed by atoms with E-state index in [-0.39, 0.29) is 0 Å². The molecule has 0 heterocycles. The number of unbranched alkanes of at least 4 members (excludes halogenated alkanes) is 2. The summed E-state index contributed by atoms with van der Waals surface area (Å²) in [4.78, 5) is 22.7. The van der Waals surface area contributed by atoms with E-state index in [4.69, 9.17) is 0 Å². The number of Topliss-reactive ketones (excluding diaryl/α,β-unsaturated/α-hetero) is 2. The van der Waals surface area contributed by atoms with E-state index in [2.05, 4.69) is 12.2 Å². The van der Waals surface area contributed by atoms with Gasteiger partial charge >= 0.3 is 0 Å². The summed E-state index contributed by atoms with van der Waals surface area (Å²) in [6.45, 7) is 0. The maximum Gasteiger partial charge on any atom is 0.158 e. The van der Waals surface area contributed by atoms with Crippen molar-refractivity contribution >= 4 is 11.6 Å². The van der Waals surface area contributed by atoms with E-state index < -0.39 is 0 Å². The highest BCUT2D eigenvalue weighted by molar-refractivity contribution is 5.97. The lowest BCUT2D eigenvalue weighted by Crippen LogP contribution is -1.97. The zero-order valence-electron chi connectivity index (χ0n) is 10.3. The van der Waals surface area contributed by atoms with Crippen molar-refractivity contribution in [1.82, 2.24) is 0 Å². The summed E-state index contributed by atoms with van der Waals surface area (Å²) in [5.74, 6) is 0.692. The average Bonchev–Trinajstić information content (AvgIpc) is 2.89. The molecule has 0 N–H and O–H groups in total. The molecule has 2 aliphatic rings. The molecular weight excluding hydrogens is 212 g/mol. The third kappa shape index (κ3) is 3.39. The number of carbonyl (C=O) groups is 2. The van der Waals surface area contributed by atoms with E-state index in [1.54, 1.807) is 0 Å². The molecule has 0 aliphatic heterocycles. The van der Waals surface area contributed by atoms with Crippen molar-refractivity contribution < 1.29 is 9.59 Å². The second kappa shape index (κ2) is 5.95. The summed E-state index contributed by atoms with van der Waals surface area (Å²) in [6.07, 6.45) is 12.7. The summed E-state index contributed by atoms with van der Waals surface area (Å²) < 4.78 is 0. The van der Waals surface area contributed by atoms with Crippen LogP contribution in [0.25, 0.3) is 0 Å².